The summed E-state index contributed by atoms with van der Waals surface area (Å²) in [6.07, 6.45) is 9.27. The number of hydrogen-bond donors (Lipinski definition) is 0. The van der Waals surface area contributed by atoms with Gasteiger partial charge in [-0.1, -0.05) is 18.5 Å². The fourth-order valence-corrected chi connectivity index (χ4v) is 2.62. The van der Waals surface area contributed by atoms with E-state index in [-0.39, 0.29) is 6.04 Å². The first-order valence-corrected chi connectivity index (χ1v) is 7.87. The van der Waals surface area contributed by atoms with Crippen LogP contribution in [0.25, 0.3) is 0 Å². The first kappa shape index (κ1) is 15.1. The standard InChI is InChI=1S/C15H18ClN5O/c1-2-11-8-17-15(18-9-11)12-5-3-4-6-21(12)22-14-7-13(16)19-10-20-14/h7-10,12H,2-6H2,1H3. The lowest BCUT2D eigenvalue weighted by Crippen LogP contribution is -2.37. The first-order chi connectivity index (χ1) is 10.8. The lowest BCUT2D eigenvalue weighted by Gasteiger charge is -2.33. The van der Waals surface area contributed by atoms with Gasteiger partial charge in [0.1, 0.15) is 23.3 Å². The average Bonchev–Trinajstić information content (AvgIpc) is 2.56. The highest BCUT2D eigenvalue weighted by atomic mass is 35.5. The van der Waals surface area contributed by atoms with E-state index in [1.54, 1.807) is 6.07 Å². The smallest absolute Gasteiger partial charge is 0.242 e. The van der Waals surface area contributed by atoms with Crippen molar-refractivity contribution >= 4 is 11.6 Å². The summed E-state index contributed by atoms with van der Waals surface area (Å²) in [6, 6.07) is 1.64. The van der Waals surface area contributed by atoms with Crippen LogP contribution in [0.3, 0.4) is 0 Å². The van der Waals surface area contributed by atoms with Gasteiger partial charge in [0.25, 0.3) is 0 Å². The largest absolute Gasteiger partial charge is 0.385 e. The van der Waals surface area contributed by atoms with Crippen LogP contribution in [0.1, 0.15) is 43.6 Å². The Bertz CT molecular complexity index is 622. The van der Waals surface area contributed by atoms with E-state index in [4.69, 9.17) is 16.4 Å². The molecule has 6 nitrogen and oxygen atoms in total. The monoisotopic (exact) mass is 319 g/mol. The van der Waals surface area contributed by atoms with Crippen molar-refractivity contribution in [1.29, 1.82) is 0 Å². The fraction of sp³-hybridized carbons (Fsp3) is 0.467. The van der Waals surface area contributed by atoms with Gasteiger partial charge in [0.2, 0.25) is 5.88 Å². The number of rotatable bonds is 4. The van der Waals surface area contributed by atoms with Gasteiger partial charge in [0, 0.05) is 25.0 Å². The highest BCUT2D eigenvalue weighted by molar-refractivity contribution is 6.29. The number of hydrogen-bond acceptors (Lipinski definition) is 6. The Hall–Kier alpha value is -1.79. The molecule has 0 aliphatic carbocycles. The van der Waals surface area contributed by atoms with Crippen molar-refractivity contribution < 1.29 is 4.84 Å². The molecule has 1 aliphatic rings. The predicted octanol–water partition coefficient (Wildman–Crippen LogP) is 3.00. The third-order valence-electron chi connectivity index (χ3n) is 3.70. The van der Waals surface area contributed by atoms with E-state index >= 15 is 0 Å². The number of piperidine rings is 1. The Morgan fingerprint density at radius 1 is 1.23 bits per heavy atom. The molecular formula is C15H18ClN5O. The summed E-state index contributed by atoms with van der Waals surface area (Å²) in [7, 11) is 0. The Morgan fingerprint density at radius 2 is 2.05 bits per heavy atom. The zero-order chi connectivity index (χ0) is 15.4. The van der Waals surface area contributed by atoms with Crippen molar-refractivity contribution in [3.05, 3.63) is 41.3 Å². The van der Waals surface area contributed by atoms with Crippen molar-refractivity contribution in [2.75, 3.05) is 6.54 Å². The van der Waals surface area contributed by atoms with Crippen LogP contribution in [0.15, 0.2) is 24.8 Å². The van der Waals surface area contributed by atoms with Crippen molar-refractivity contribution in [3.8, 4) is 5.88 Å². The maximum Gasteiger partial charge on any atom is 0.242 e. The lowest BCUT2D eigenvalue weighted by atomic mass is 10.0. The van der Waals surface area contributed by atoms with Crippen LogP contribution in [0, 0.1) is 0 Å². The molecule has 0 radical (unpaired) electrons. The van der Waals surface area contributed by atoms with E-state index in [9.17, 15) is 0 Å². The zero-order valence-corrected chi connectivity index (χ0v) is 13.2. The Kier molecular flexibility index (Phi) is 4.80. The van der Waals surface area contributed by atoms with Gasteiger partial charge >= 0.3 is 0 Å². The van der Waals surface area contributed by atoms with Crippen molar-refractivity contribution in [3.63, 3.8) is 0 Å². The first-order valence-electron chi connectivity index (χ1n) is 7.49. The summed E-state index contributed by atoms with van der Waals surface area (Å²) in [5.41, 5.74) is 1.13. The molecule has 1 fully saturated rings. The molecule has 2 aromatic rings. The third-order valence-corrected chi connectivity index (χ3v) is 3.91. The molecule has 1 unspecified atom stereocenters. The minimum Gasteiger partial charge on any atom is -0.385 e. The number of hydroxylamine groups is 2. The summed E-state index contributed by atoms with van der Waals surface area (Å²) in [5, 5.41) is 2.26. The van der Waals surface area contributed by atoms with E-state index in [0.717, 1.165) is 43.6 Å². The summed E-state index contributed by atoms with van der Waals surface area (Å²) in [4.78, 5) is 22.8. The van der Waals surface area contributed by atoms with Gasteiger partial charge in [-0.05, 0) is 31.2 Å². The van der Waals surface area contributed by atoms with E-state index < -0.39 is 0 Å². The maximum absolute atomic E-state index is 5.88. The molecule has 0 bridgehead atoms. The van der Waals surface area contributed by atoms with Gasteiger partial charge in [-0.25, -0.2) is 15.0 Å². The number of halogens is 1. The highest BCUT2D eigenvalue weighted by Gasteiger charge is 2.28. The zero-order valence-electron chi connectivity index (χ0n) is 12.4. The fourth-order valence-electron chi connectivity index (χ4n) is 2.48. The summed E-state index contributed by atoms with van der Waals surface area (Å²) >= 11 is 5.87. The molecule has 3 heterocycles. The third kappa shape index (κ3) is 3.51. The molecule has 22 heavy (non-hydrogen) atoms. The van der Waals surface area contributed by atoms with Crippen LogP contribution in [0.5, 0.6) is 5.88 Å². The molecule has 1 aliphatic heterocycles. The molecule has 3 rings (SSSR count). The van der Waals surface area contributed by atoms with Crippen LogP contribution in [0.4, 0.5) is 0 Å². The van der Waals surface area contributed by atoms with Gasteiger partial charge in [0.15, 0.2) is 0 Å². The molecule has 1 saturated heterocycles. The predicted molar refractivity (Wildman–Crippen MR) is 82.4 cm³/mol. The molecule has 0 saturated carbocycles. The lowest BCUT2D eigenvalue weighted by molar-refractivity contribution is -0.120. The van der Waals surface area contributed by atoms with E-state index in [1.807, 2.05) is 17.5 Å². The van der Waals surface area contributed by atoms with E-state index in [0.29, 0.717) is 11.0 Å². The molecule has 0 spiro atoms. The minimum absolute atomic E-state index is 0.0356. The average molecular weight is 320 g/mol. The molecular weight excluding hydrogens is 302 g/mol. The van der Waals surface area contributed by atoms with Crippen LogP contribution in [0.2, 0.25) is 5.15 Å². The second-order valence-electron chi connectivity index (χ2n) is 5.23. The number of nitrogens with zero attached hydrogens (tertiary/aromatic N) is 5. The maximum atomic E-state index is 5.88. The SMILES string of the molecule is CCc1cnc(C2CCCCN2Oc2cc(Cl)ncn2)nc1. The Morgan fingerprint density at radius 3 is 2.77 bits per heavy atom. The second kappa shape index (κ2) is 6.98. The Balaban J connectivity index is 1.78. The minimum atomic E-state index is 0.0356. The quantitative estimate of drug-likeness (QED) is 0.807. The van der Waals surface area contributed by atoms with Crippen molar-refractivity contribution in [1.82, 2.24) is 25.0 Å². The van der Waals surface area contributed by atoms with E-state index in [2.05, 4.69) is 26.9 Å². The normalized spacial score (nSPS) is 19.1. The second-order valence-corrected chi connectivity index (χ2v) is 5.61. The van der Waals surface area contributed by atoms with Gasteiger partial charge in [0.05, 0.1) is 0 Å². The number of aryl methyl sites for hydroxylation is 1. The molecule has 1 atom stereocenters. The van der Waals surface area contributed by atoms with Crippen molar-refractivity contribution in [2.24, 2.45) is 0 Å². The molecule has 2 aromatic heterocycles. The van der Waals surface area contributed by atoms with Crippen molar-refractivity contribution in [2.45, 2.75) is 38.6 Å². The molecule has 0 N–H and O–H groups in total. The summed E-state index contributed by atoms with van der Waals surface area (Å²) in [5.74, 6) is 1.23. The van der Waals surface area contributed by atoms with Gasteiger partial charge < -0.3 is 4.84 Å². The van der Waals surface area contributed by atoms with Gasteiger partial charge in [-0.2, -0.15) is 4.98 Å². The van der Waals surface area contributed by atoms with Gasteiger partial charge in [-0.3, -0.25) is 0 Å². The molecule has 7 heteroatoms. The summed E-state index contributed by atoms with van der Waals surface area (Å²) in [6.45, 7) is 2.90. The molecule has 0 aromatic carbocycles. The van der Waals surface area contributed by atoms with Gasteiger partial charge in [-0.15, -0.1) is 5.06 Å². The highest BCUT2D eigenvalue weighted by Crippen LogP contribution is 2.29. The number of aromatic nitrogens is 4. The van der Waals surface area contributed by atoms with Crippen LogP contribution in [-0.4, -0.2) is 31.5 Å². The molecule has 116 valence electrons. The van der Waals surface area contributed by atoms with Crippen LogP contribution >= 0.6 is 11.6 Å². The molecule has 0 amide bonds. The summed E-state index contributed by atoms with van der Waals surface area (Å²) < 4.78 is 0. The van der Waals surface area contributed by atoms with E-state index in [1.165, 1.54) is 6.33 Å². The van der Waals surface area contributed by atoms with Crippen LogP contribution in [-0.2, 0) is 6.42 Å². The Labute approximate surface area is 134 Å². The van der Waals surface area contributed by atoms with Crippen LogP contribution < -0.4 is 4.84 Å². The topological polar surface area (TPSA) is 64.0 Å².